The fraction of sp³-hybridized carbons (Fsp3) is 0.250. The second-order valence-electron chi connectivity index (χ2n) is 4.68. The van der Waals surface area contributed by atoms with Crippen LogP contribution < -0.4 is 11.5 Å². The van der Waals surface area contributed by atoms with Crippen LogP contribution in [0.15, 0.2) is 48.5 Å². The van der Waals surface area contributed by atoms with E-state index in [0.717, 1.165) is 17.5 Å². The van der Waals surface area contributed by atoms with E-state index in [2.05, 4.69) is 19.9 Å². The summed E-state index contributed by atoms with van der Waals surface area (Å²) in [6, 6.07) is 16.0. The molecule has 2 heteroatoms. The van der Waals surface area contributed by atoms with Crippen molar-refractivity contribution in [3.63, 3.8) is 0 Å². The van der Waals surface area contributed by atoms with E-state index < -0.39 is 5.66 Å². The summed E-state index contributed by atoms with van der Waals surface area (Å²) < 4.78 is 0. The predicted octanol–water partition coefficient (Wildman–Crippen LogP) is 2.68. The Kier molecular flexibility index (Phi) is 3.50. The highest BCUT2D eigenvalue weighted by atomic mass is 15.0. The van der Waals surface area contributed by atoms with Crippen LogP contribution in [0.25, 0.3) is 0 Å². The zero-order chi connectivity index (χ0) is 13.2. The maximum absolute atomic E-state index is 6.36. The monoisotopic (exact) mass is 240 g/mol. The van der Waals surface area contributed by atoms with Crippen LogP contribution in [0, 0.1) is 6.92 Å². The third-order valence-corrected chi connectivity index (χ3v) is 3.52. The van der Waals surface area contributed by atoms with Crippen molar-refractivity contribution in [3.8, 4) is 0 Å². The Morgan fingerprint density at radius 3 is 2.22 bits per heavy atom. The molecule has 94 valence electrons. The van der Waals surface area contributed by atoms with Crippen LogP contribution in [0.3, 0.4) is 0 Å². The van der Waals surface area contributed by atoms with Crippen molar-refractivity contribution in [3.05, 3.63) is 70.8 Å². The Balaban J connectivity index is 2.54. The number of hydrogen-bond donors (Lipinski definition) is 2. The minimum Gasteiger partial charge on any atom is -0.306 e. The Bertz CT molecular complexity index is 530. The molecule has 0 aromatic heterocycles. The van der Waals surface area contributed by atoms with Crippen molar-refractivity contribution in [2.45, 2.75) is 25.9 Å². The van der Waals surface area contributed by atoms with Gasteiger partial charge in [-0.15, -0.1) is 0 Å². The van der Waals surface area contributed by atoms with Crippen molar-refractivity contribution >= 4 is 0 Å². The van der Waals surface area contributed by atoms with Gasteiger partial charge in [0.2, 0.25) is 0 Å². The molecular weight excluding hydrogens is 220 g/mol. The summed E-state index contributed by atoms with van der Waals surface area (Å²) in [4.78, 5) is 0. The highest BCUT2D eigenvalue weighted by Crippen LogP contribution is 2.26. The standard InChI is InChI=1S/C16H20N2/c1-3-13-8-7-11-15(12(13)2)16(17,18)14-9-5-4-6-10-14/h4-11H,3,17-18H2,1-2H3. The van der Waals surface area contributed by atoms with Gasteiger partial charge in [-0.25, -0.2) is 0 Å². The molecule has 0 fully saturated rings. The first-order chi connectivity index (χ1) is 8.57. The zero-order valence-electron chi connectivity index (χ0n) is 11.0. The number of nitrogens with two attached hydrogens (primary N) is 2. The van der Waals surface area contributed by atoms with E-state index in [1.807, 2.05) is 42.5 Å². The first-order valence-corrected chi connectivity index (χ1v) is 6.29. The van der Waals surface area contributed by atoms with Crippen molar-refractivity contribution < 1.29 is 0 Å². The molecule has 0 unspecified atom stereocenters. The van der Waals surface area contributed by atoms with Crippen molar-refractivity contribution in [2.24, 2.45) is 11.5 Å². The van der Waals surface area contributed by atoms with E-state index in [0.29, 0.717) is 0 Å². The molecule has 2 rings (SSSR count). The summed E-state index contributed by atoms with van der Waals surface area (Å²) >= 11 is 0. The van der Waals surface area contributed by atoms with E-state index in [-0.39, 0.29) is 0 Å². The minimum atomic E-state index is -0.934. The lowest BCUT2D eigenvalue weighted by Crippen LogP contribution is -2.47. The van der Waals surface area contributed by atoms with E-state index >= 15 is 0 Å². The van der Waals surface area contributed by atoms with Gasteiger partial charge in [-0.05, 0) is 35.6 Å². The molecule has 0 aliphatic rings. The van der Waals surface area contributed by atoms with Gasteiger partial charge < -0.3 is 11.5 Å². The summed E-state index contributed by atoms with van der Waals surface area (Å²) in [5.74, 6) is 0. The van der Waals surface area contributed by atoms with Crippen molar-refractivity contribution in [2.75, 3.05) is 0 Å². The van der Waals surface area contributed by atoms with Crippen LogP contribution in [0.1, 0.15) is 29.2 Å². The van der Waals surface area contributed by atoms with Gasteiger partial charge in [-0.1, -0.05) is 55.5 Å². The van der Waals surface area contributed by atoms with Gasteiger partial charge in [0.15, 0.2) is 0 Å². The molecule has 0 aliphatic heterocycles. The van der Waals surface area contributed by atoms with Gasteiger partial charge in [0.05, 0.1) is 0 Å². The van der Waals surface area contributed by atoms with Crippen molar-refractivity contribution in [1.29, 1.82) is 0 Å². The molecule has 0 heterocycles. The second-order valence-corrected chi connectivity index (χ2v) is 4.68. The van der Waals surface area contributed by atoms with Crippen LogP contribution in [0.5, 0.6) is 0 Å². The lowest BCUT2D eigenvalue weighted by atomic mass is 9.87. The van der Waals surface area contributed by atoms with Crippen LogP contribution in [-0.2, 0) is 12.1 Å². The molecule has 0 saturated heterocycles. The minimum absolute atomic E-state index is 0.932. The summed E-state index contributed by atoms with van der Waals surface area (Å²) in [5, 5.41) is 0. The molecular formula is C16H20N2. The third-order valence-electron chi connectivity index (χ3n) is 3.52. The fourth-order valence-electron chi connectivity index (χ4n) is 2.38. The van der Waals surface area contributed by atoms with Gasteiger partial charge in [0.1, 0.15) is 5.66 Å². The molecule has 0 amide bonds. The Morgan fingerprint density at radius 1 is 0.944 bits per heavy atom. The molecule has 0 spiro atoms. The first-order valence-electron chi connectivity index (χ1n) is 6.29. The fourth-order valence-corrected chi connectivity index (χ4v) is 2.38. The molecule has 2 aromatic rings. The lowest BCUT2D eigenvalue weighted by molar-refractivity contribution is 0.563. The molecule has 2 nitrogen and oxygen atoms in total. The SMILES string of the molecule is CCc1cccc(C(N)(N)c2ccccc2)c1C. The average Bonchev–Trinajstić information content (AvgIpc) is 2.40. The van der Waals surface area contributed by atoms with Crippen molar-refractivity contribution in [1.82, 2.24) is 0 Å². The molecule has 0 radical (unpaired) electrons. The summed E-state index contributed by atoms with van der Waals surface area (Å²) in [6.45, 7) is 4.23. The number of rotatable bonds is 3. The molecule has 0 bridgehead atoms. The number of hydrogen-bond acceptors (Lipinski definition) is 2. The van der Waals surface area contributed by atoms with Gasteiger partial charge in [-0.3, -0.25) is 0 Å². The maximum Gasteiger partial charge on any atom is 0.117 e. The topological polar surface area (TPSA) is 52.0 Å². The second kappa shape index (κ2) is 4.92. The molecule has 4 N–H and O–H groups in total. The summed E-state index contributed by atoms with van der Waals surface area (Å²) in [5.41, 5.74) is 16.2. The molecule has 0 atom stereocenters. The average molecular weight is 240 g/mol. The molecule has 0 saturated carbocycles. The zero-order valence-corrected chi connectivity index (χ0v) is 11.0. The quantitative estimate of drug-likeness (QED) is 0.810. The number of benzene rings is 2. The van der Waals surface area contributed by atoms with Crippen LogP contribution in [0.2, 0.25) is 0 Å². The molecule has 18 heavy (non-hydrogen) atoms. The van der Waals surface area contributed by atoms with Gasteiger partial charge in [0, 0.05) is 0 Å². The highest BCUT2D eigenvalue weighted by Gasteiger charge is 2.26. The number of aryl methyl sites for hydroxylation is 1. The highest BCUT2D eigenvalue weighted by molar-refractivity contribution is 5.44. The molecule has 0 aliphatic carbocycles. The van der Waals surface area contributed by atoms with Crippen LogP contribution in [-0.4, -0.2) is 0 Å². The Hall–Kier alpha value is -1.64. The van der Waals surface area contributed by atoms with Crippen LogP contribution in [0.4, 0.5) is 0 Å². The third kappa shape index (κ3) is 2.17. The van der Waals surface area contributed by atoms with E-state index in [1.54, 1.807) is 0 Å². The van der Waals surface area contributed by atoms with Gasteiger partial charge in [-0.2, -0.15) is 0 Å². The van der Waals surface area contributed by atoms with E-state index in [1.165, 1.54) is 11.1 Å². The van der Waals surface area contributed by atoms with E-state index in [9.17, 15) is 0 Å². The van der Waals surface area contributed by atoms with E-state index in [4.69, 9.17) is 11.5 Å². The van der Waals surface area contributed by atoms with Gasteiger partial charge in [0.25, 0.3) is 0 Å². The Morgan fingerprint density at radius 2 is 1.61 bits per heavy atom. The van der Waals surface area contributed by atoms with Crippen LogP contribution >= 0.6 is 0 Å². The molecule has 2 aromatic carbocycles. The summed E-state index contributed by atoms with van der Waals surface area (Å²) in [7, 11) is 0. The largest absolute Gasteiger partial charge is 0.306 e. The predicted molar refractivity (Wildman–Crippen MR) is 76.2 cm³/mol. The first kappa shape index (κ1) is 12.8. The summed E-state index contributed by atoms with van der Waals surface area (Å²) in [6.07, 6.45) is 0.991. The van der Waals surface area contributed by atoms with Gasteiger partial charge >= 0.3 is 0 Å². The smallest absolute Gasteiger partial charge is 0.117 e. The normalized spacial score (nSPS) is 11.6. The Labute approximate surface area is 109 Å². The lowest BCUT2D eigenvalue weighted by Gasteiger charge is -2.28. The maximum atomic E-state index is 6.36.